The summed E-state index contributed by atoms with van der Waals surface area (Å²) in [6.07, 6.45) is 2.73. The molecule has 0 saturated heterocycles. The number of ether oxygens (including phenoxy) is 1. The van der Waals surface area contributed by atoms with Crippen LogP contribution in [-0.4, -0.2) is 25.0 Å². The molecule has 4 nitrogen and oxygen atoms in total. The second kappa shape index (κ2) is 4.98. The Balaban J connectivity index is 2.34. The maximum absolute atomic E-state index is 11.4. The lowest BCUT2D eigenvalue weighted by Gasteiger charge is -2.11. The van der Waals surface area contributed by atoms with Crippen LogP contribution < -0.4 is 5.32 Å². The van der Waals surface area contributed by atoms with Gasteiger partial charge in [-0.3, -0.25) is 4.79 Å². The maximum atomic E-state index is 11.4. The molecule has 1 N–H and O–H groups in total. The van der Waals surface area contributed by atoms with Crippen LogP contribution >= 0.6 is 0 Å². The standard InChI is InChI=1S/C10H17NO3/c1-3-9(12)7-4-5-8(6-7)11-10(13)14-2/h7-8H,3-6H2,1-2H3,(H,11,13)/t7-,8+/m0/s1. The molecule has 0 aliphatic heterocycles. The summed E-state index contributed by atoms with van der Waals surface area (Å²) < 4.78 is 4.50. The summed E-state index contributed by atoms with van der Waals surface area (Å²) in [5.74, 6) is 0.446. The fourth-order valence-electron chi connectivity index (χ4n) is 1.92. The molecular weight excluding hydrogens is 182 g/mol. The number of alkyl carbamates (subject to hydrolysis) is 1. The lowest BCUT2D eigenvalue weighted by atomic mass is 10.0. The molecule has 0 spiro atoms. The van der Waals surface area contributed by atoms with Gasteiger partial charge in [0.05, 0.1) is 7.11 Å². The van der Waals surface area contributed by atoms with Gasteiger partial charge in [-0.25, -0.2) is 4.79 Å². The minimum absolute atomic E-state index is 0.114. The highest BCUT2D eigenvalue weighted by Crippen LogP contribution is 2.27. The van der Waals surface area contributed by atoms with Crippen molar-refractivity contribution in [2.75, 3.05) is 7.11 Å². The first-order valence-electron chi connectivity index (χ1n) is 5.04. The second-order valence-electron chi connectivity index (χ2n) is 3.66. The Kier molecular flexibility index (Phi) is 3.92. The van der Waals surface area contributed by atoms with E-state index in [1.165, 1.54) is 7.11 Å². The molecule has 0 radical (unpaired) electrons. The average Bonchev–Trinajstić information content (AvgIpc) is 2.65. The summed E-state index contributed by atoms with van der Waals surface area (Å²) in [7, 11) is 1.35. The van der Waals surface area contributed by atoms with Gasteiger partial charge in [-0.2, -0.15) is 0 Å². The third-order valence-corrected chi connectivity index (χ3v) is 2.74. The first-order valence-corrected chi connectivity index (χ1v) is 5.04. The zero-order valence-corrected chi connectivity index (χ0v) is 8.71. The van der Waals surface area contributed by atoms with Gasteiger partial charge in [0.2, 0.25) is 0 Å². The van der Waals surface area contributed by atoms with Gasteiger partial charge >= 0.3 is 6.09 Å². The van der Waals surface area contributed by atoms with Crippen LogP contribution in [0.4, 0.5) is 4.79 Å². The van der Waals surface area contributed by atoms with E-state index in [2.05, 4.69) is 10.1 Å². The largest absolute Gasteiger partial charge is 0.453 e. The third kappa shape index (κ3) is 2.72. The number of amides is 1. The van der Waals surface area contributed by atoms with Crippen molar-refractivity contribution in [1.29, 1.82) is 0 Å². The summed E-state index contributed by atoms with van der Waals surface area (Å²) >= 11 is 0. The van der Waals surface area contributed by atoms with E-state index >= 15 is 0 Å². The summed E-state index contributed by atoms with van der Waals surface area (Å²) in [5, 5.41) is 2.72. The Hall–Kier alpha value is -1.06. The van der Waals surface area contributed by atoms with E-state index in [1.54, 1.807) is 0 Å². The van der Waals surface area contributed by atoms with Crippen molar-refractivity contribution < 1.29 is 14.3 Å². The van der Waals surface area contributed by atoms with Crippen LogP contribution in [0, 0.1) is 5.92 Å². The minimum Gasteiger partial charge on any atom is -0.453 e. The number of rotatable bonds is 3. The van der Waals surface area contributed by atoms with E-state index in [1.807, 2.05) is 6.92 Å². The zero-order chi connectivity index (χ0) is 10.6. The number of hydrogen-bond donors (Lipinski definition) is 1. The van der Waals surface area contributed by atoms with Gasteiger partial charge in [-0.15, -0.1) is 0 Å². The zero-order valence-electron chi connectivity index (χ0n) is 8.71. The van der Waals surface area contributed by atoms with Crippen LogP contribution in [0.25, 0.3) is 0 Å². The van der Waals surface area contributed by atoms with Gasteiger partial charge in [0.1, 0.15) is 5.78 Å². The third-order valence-electron chi connectivity index (χ3n) is 2.74. The molecule has 1 saturated carbocycles. The van der Waals surface area contributed by atoms with E-state index < -0.39 is 6.09 Å². The van der Waals surface area contributed by atoms with Gasteiger partial charge in [0.25, 0.3) is 0 Å². The van der Waals surface area contributed by atoms with Crippen LogP contribution in [0.3, 0.4) is 0 Å². The Labute approximate surface area is 84.0 Å². The smallest absolute Gasteiger partial charge is 0.407 e. The van der Waals surface area contributed by atoms with Gasteiger partial charge in [0, 0.05) is 18.4 Å². The Morgan fingerprint density at radius 2 is 2.14 bits per heavy atom. The topological polar surface area (TPSA) is 55.4 Å². The van der Waals surface area contributed by atoms with Crippen LogP contribution in [0.2, 0.25) is 0 Å². The number of Topliss-reactive ketones (excluding diaryl/α,β-unsaturated/α-hetero) is 1. The lowest BCUT2D eigenvalue weighted by molar-refractivity contribution is -0.122. The quantitative estimate of drug-likeness (QED) is 0.749. The predicted molar refractivity (Wildman–Crippen MR) is 52.0 cm³/mol. The van der Waals surface area contributed by atoms with Crippen molar-refractivity contribution in [3.63, 3.8) is 0 Å². The monoisotopic (exact) mass is 199 g/mol. The summed E-state index contributed by atoms with van der Waals surface area (Å²) in [6, 6.07) is 0.114. The normalized spacial score (nSPS) is 25.9. The van der Waals surface area contributed by atoms with Crippen molar-refractivity contribution in [2.24, 2.45) is 5.92 Å². The highest BCUT2D eigenvalue weighted by atomic mass is 16.5. The minimum atomic E-state index is -0.403. The molecule has 1 rings (SSSR count). The molecule has 1 amide bonds. The van der Waals surface area contributed by atoms with E-state index in [4.69, 9.17) is 0 Å². The number of methoxy groups -OCH3 is 1. The molecule has 14 heavy (non-hydrogen) atoms. The number of nitrogens with one attached hydrogen (secondary N) is 1. The van der Waals surface area contributed by atoms with Crippen LogP contribution in [-0.2, 0) is 9.53 Å². The molecule has 0 bridgehead atoms. The summed E-state index contributed by atoms with van der Waals surface area (Å²) in [6.45, 7) is 1.88. The number of hydrogen-bond acceptors (Lipinski definition) is 3. The number of carbonyl (C=O) groups excluding carboxylic acids is 2. The van der Waals surface area contributed by atoms with Gasteiger partial charge in [0.15, 0.2) is 0 Å². The van der Waals surface area contributed by atoms with E-state index in [9.17, 15) is 9.59 Å². The first kappa shape index (κ1) is 11.0. The van der Waals surface area contributed by atoms with E-state index in [0.29, 0.717) is 12.2 Å². The molecule has 0 aromatic heterocycles. The van der Waals surface area contributed by atoms with Crippen molar-refractivity contribution in [3.05, 3.63) is 0 Å². The summed E-state index contributed by atoms with van der Waals surface area (Å²) in [5.41, 5.74) is 0. The van der Waals surface area contributed by atoms with Crippen molar-refractivity contribution >= 4 is 11.9 Å². The maximum Gasteiger partial charge on any atom is 0.407 e. The van der Waals surface area contributed by atoms with Gasteiger partial charge in [-0.1, -0.05) is 6.92 Å². The molecule has 1 aliphatic carbocycles. The fourth-order valence-corrected chi connectivity index (χ4v) is 1.92. The molecule has 2 atom stereocenters. The molecule has 0 aromatic rings. The molecule has 4 heteroatoms. The second-order valence-corrected chi connectivity index (χ2v) is 3.66. The molecule has 80 valence electrons. The van der Waals surface area contributed by atoms with E-state index in [-0.39, 0.29) is 12.0 Å². The van der Waals surface area contributed by atoms with Crippen molar-refractivity contribution in [1.82, 2.24) is 5.32 Å². The predicted octanol–water partition coefficient (Wildman–Crippen LogP) is 1.49. The van der Waals surface area contributed by atoms with Crippen molar-refractivity contribution in [2.45, 2.75) is 38.6 Å². The van der Waals surface area contributed by atoms with Crippen LogP contribution in [0.1, 0.15) is 32.6 Å². The highest BCUT2D eigenvalue weighted by Gasteiger charge is 2.29. The SMILES string of the molecule is CCC(=O)[C@H]1CC[C@@H](NC(=O)OC)C1. The summed E-state index contributed by atoms with van der Waals surface area (Å²) in [4.78, 5) is 22.3. The lowest BCUT2D eigenvalue weighted by Crippen LogP contribution is -2.33. The van der Waals surface area contributed by atoms with Crippen LogP contribution in [0.15, 0.2) is 0 Å². The number of carbonyl (C=O) groups is 2. The van der Waals surface area contributed by atoms with E-state index in [0.717, 1.165) is 19.3 Å². The Morgan fingerprint density at radius 3 is 2.71 bits per heavy atom. The Bertz CT molecular complexity index is 227. The average molecular weight is 199 g/mol. The van der Waals surface area contributed by atoms with Crippen molar-refractivity contribution in [3.8, 4) is 0 Å². The van der Waals surface area contributed by atoms with Gasteiger partial charge < -0.3 is 10.1 Å². The molecule has 0 unspecified atom stereocenters. The highest BCUT2D eigenvalue weighted by molar-refractivity contribution is 5.81. The van der Waals surface area contributed by atoms with Gasteiger partial charge in [-0.05, 0) is 19.3 Å². The Morgan fingerprint density at radius 1 is 1.43 bits per heavy atom. The van der Waals surface area contributed by atoms with Crippen LogP contribution in [0.5, 0.6) is 0 Å². The fraction of sp³-hybridized carbons (Fsp3) is 0.800. The molecule has 1 aliphatic rings. The first-order chi connectivity index (χ1) is 6.67. The molecular formula is C10H17NO3. The molecule has 1 fully saturated rings. The number of ketones is 1. The molecule has 0 aromatic carbocycles. The molecule has 0 heterocycles.